The summed E-state index contributed by atoms with van der Waals surface area (Å²) >= 11 is 0. The Kier molecular flexibility index (Phi) is 5.07. The Labute approximate surface area is 144 Å². The number of nitriles is 1. The number of aromatic nitrogens is 4. The summed E-state index contributed by atoms with van der Waals surface area (Å²) in [5, 5.41) is 25.2. The van der Waals surface area contributed by atoms with Crippen LogP contribution in [0.3, 0.4) is 0 Å². The number of aromatic hydroxyl groups is 1. The first-order valence-electron chi connectivity index (χ1n) is 7.75. The molecule has 8 heteroatoms. The highest BCUT2D eigenvalue weighted by Gasteiger charge is 2.08. The van der Waals surface area contributed by atoms with Gasteiger partial charge in [-0.2, -0.15) is 10.2 Å². The van der Waals surface area contributed by atoms with E-state index in [-0.39, 0.29) is 5.75 Å². The van der Waals surface area contributed by atoms with Gasteiger partial charge >= 0.3 is 0 Å². The highest BCUT2D eigenvalue weighted by atomic mass is 16.3. The fraction of sp³-hybridized carbons (Fsp3) is 0.176. The van der Waals surface area contributed by atoms with Gasteiger partial charge in [0, 0.05) is 37.0 Å². The van der Waals surface area contributed by atoms with Crippen LogP contribution in [0.1, 0.15) is 16.8 Å². The van der Waals surface area contributed by atoms with Gasteiger partial charge in [-0.3, -0.25) is 0 Å². The van der Waals surface area contributed by atoms with Gasteiger partial charge in [-0.05, 0) is 6.07 Å². The van der Waals surface area contributed by atoms with Crippen LogP contribution in [0.2, 0.25) is 0 Å². The van der Waals surface area contributed by atoms with Crippen molar-refractivity contribution in [1.29, 1.82) is 5.26 Å². The predicted molar refractivity (Wildman–Crippen MR) is 93.0 cm³/mol. The number of imidazole rings is 1. The lowest BCUT2D eigenvalue weighted by Gasteiger charge is -2.10. The predicted octanol–water partition coefficient (Wildman–Crippen LogP) is 2.04. The molecule has 25 heavy (non-hydrogen) atoms. The minimum Gasteiger partial charge on any atom is -0.508 e. The molecule has 2 aromatic heterocycles. The van der Waals surface area contributed by atoms with Crippen LogP contribution in [0.15, 0.2) is 43.0 Å². The molecule has 0 amide bonds. The topological polar surface area (TPSA) is 123 Å². The van der Waals surface area contributed by atoms with Crippen LogP contribution in [-0.2, 0) is 13.0 Å². The number of hydrogen-bond acceptors (Lipinski definition) is 7. The van der Waals surface area contributed by atoms with Crippen molar-refractivity contribution < 1.29 is 5.11 Å². The van der Waals surface area contributed by atoms with Gasteiger partial charge in [-0.1, -0.05) is 18.2 Å². The van der Waals surface area contributed by atoms with Crippen molar-refractivity contribution in [1.82, 2.24) is 19.9 Å². The standard InChI is InChI=1S/C17H17N7O/c18-7-13-9-22-17(21-8-12-3-1-2-4-15(12)25)24-16(13)20-6-5-14-10-19-11-23-14/h1-4,9-11,25H,5-6,8H2,(H,19,23)(H2,20,21,22,24). The van der Waals surface area contributed by atoms with Gasteiger partial charge in [0.25, 0.3) is 0 Å². The fourth-order valence-electron chi connectivity index (χ4n) is 2.26. The quantitative estimate of drug-likeness (QED) is 0.521. The van der Waals surface area contributed by atoms with Gasteiger partial charge in [0.05, 0.1) is 12.5 Å². The Morgan fingerprint density at radius 1 is 1.20 bits per heavy atom. The Balaban J connectivity index is 1.65. The van der Waals surface area contributed by atoms with Crippen LogP contribution >= 0.6 is 0 Å². The lowest BCUT2D eigenvalue weighted by atomic mass is 10.2. The zero-order valence-electron chi connectivity index (χ0n) is 13.4. The zero-order valence-corrected chi connectivity index (χ0v) is 13.4. The highest BCUT2D eigenvalue weighted by molar-refractivity contribution is 5.53. The van der Waals surface area contributed by atoms with Gasteiger partial charge in [-0.15, -0.1) is 0 Å². The monoisotopic (exact) mass is 335 g/mol. The van der Waals surface area contributed by atoms with E-state index >= 15 is 0 Å². The van der Waals surface area contributed by atoms with Crippen molar-refractivity contribution in [3.63, 3.8) is 0 Å². The summed E-state index contributed by atoms with van der Waals surface area (Å²) < 4.78 is 0. The molecule has 0 aliphatic rings. The maximum absolute atomic E-state index is 9.79. The maximum Gasteiger partial charge on any atom is 0.224 e. The number of rotatable bonds is 7. The van der Waals surface area contributed by atoms with Gasteiger partial charge in [0.2, 0.25) is 5.95 Å². The van der Waals surface area contributed by atoms with E-state index in [9.17, 15) is 10.4 Å². The number of phenols is 1. The molecule has 3 rings (SSSR count). The summed E-state index contributed by atoms with van der Waals surface area (Å²) in [5.41, 5.74) is 2.11. The zero-order chi connectivity index (χ0) is 17.5. The first-order chi connectivity index (χ1) is 12.3. The molecule has 0 aliphatic carbocycles. The third kappa shape index (κ3) is 4.23. The Morgan fingerprint density at radius 3 is 2.84 bits per heavy atom. The Hall–Kier alpha value is -3.60. The molecule has 4 N–H and O–H groups in total. The molecule has 8 nitrogen and oxygen atoms in total. The van der Waals surface area contributed by atoms with Crippen molar-refractivity contribution >= 4 is 11.8 Å². The summed E-state index contributed by atoms with van der Waals surface area (Å²) in [7, 11) is 0. The van der Waals surface area contributed by atoms with E-state index in [2.05, 4.69) is 36.6 Å². The van der Waals surface area contributed by atoms with Crippen LogP contribution in [-0.4, -0.2) is 31.6 Å². The average molecular weight is 335 g/mol. The second-order valence-corrected chi connectivity index (χ2v) is 5.30. The SMILES string of the molecule is N#Cc1cnc(NCc2ccccc2O)nc1NCCc1cnc[nH]1. The molecule has 0 saturated carbocycles. The van der Waals surface area contributed by atoms with Crippen LogP contribution in [0.25, 0.3) is 0 Å². The highest BCUT2D eigenvalue weighted by Crippen LogP contribution is 2.18. The minimum atomic E-state index is 0.210. The Morgan fingerprint density at radius 2 is 2.08 bits per heavy atom. The van der Waals surface area contributed by atoms with E-state index in [0.717, 1.165) is 17.7 Å². The molecule has 0 saturated heterocycles. The first kappa shape index (κ1) is 16.3. The molecule has 0 aliphatic heterocycles. The van der Waals surface area contributed by atoms with E-state index in [0.29, 0.717) is 30.4 Å². The number of aromatic amines is 1. The second kappa shape index (κ2) is 7.79. The third-order valence-corrected chi connectivity index (χ3v) is 3.58. The minimum absolute atomic E-state index is 0.210. The smallest absolute Gasteiger partial charge is 0.224 e. The number of hydrogen-bond donors (Lipinski definition) is 4. The summed E-state index contributed by atoms with van der Waals surface area (Å²) in [4.78, 5) is 15.5. The lowest BCUT2D eigenvalue weighted by molar-refractivity contribution is 0.469. The fourth-order valence-corrected chi connectivity index (χ4v) is 2.26. The Bertz CT molecular complexity index is 871. The van der Waals surface area contributed by atoms with E-state index in [4.69, 9.17) is 0 Å². The number of nitrogens with one attached hydrogen (secondary N) is 3. The normalized spacial score (nSPS) is 10.2. The van der Waals surface area contributed by atoms with Gasteiger partial charge in [0.15, 0.2) is 0 Å². The molecular formula is C17H17N7O. The van der Waals surface area contributed by atoms with E-state index in [1.165, 1.54) is 6.20 Å². The maximum atomic E-state index is 9.79. The van der Waals surface area contributed by atoms with Gasteiger partial charge in [0.1, 0.15) is 23.2 Å². The van der Waals surface area contributed by atoms with Crippen molar-refractivity contribution in [2.75, 3.05) is 17.2 Å². The molecule has 0 bridgehead atoms. The molecule has 1 aromatic carbocycles. The van der Waals surface area contributed by atoms with E-state index < -0.39 is 0 Å². The molecule has 2 heterocycles. The number of nitrogens with zero attached hydrogens (tertiary/aromatic N) is 4. The molecule has 0 radical (unpaired) electrons. The lowest BCUT2D eigenvalue weighted by Crippen LogP contribution is -2.11. The number of para-hydroxylation sites is 1. The van der Waals surface area contributed by atoms with Crippen molar-refractivity contribution in [2.24, 2.45) is 0 Å². The number of H-pyrrole nitrogens is 1. The second-order valence-electron chi connectivity index (χ2n) is 5.30. The molecule has 0 spiro atoms. The van der Waals surface area contributed by atoms with Crippen molar-refractivity contribution in [2.45, 2.75) is 13.0 Å². The summed E-state index contributed by atoms with van der Waals surface area (Å²) in [6.45, 7) is 0.985. The van der Waals surface area contributed by atoms with Crippen LogP contribution in [0, 0.1) is 11.3 Å². The van der Waals surface area contributed by atoms with E-state index in [1.54, 1.807) is 24.7 Å². The summed E-state index contributed by atoms with van der Waals surface area (Å²) in [6.07, 6.45) is 5.59. The largest absolute Gasteiger partial charge is 0.508 e. The molecular weight excluding hydrogens is 318 g/mol. The van der Waals surface area contributed by atoms with Crippen LogP contribution in [0.5, 0.6) is 5.75 Å². The summed E-state index contributed by atoms with van der Waals surface area (Å²) in [5.74, 6) is 1.06. The number of anilines is 2. The van der Waals surface area contributed by atoms with E-state index in [1.807, 2.05) is 12.1 Å². The van der Waals surface area contributed by atoms with Crippen molar-refractivity contribution in [3.05, 3.63) is 59.8 Å². The first-order valence-corrected chi connectivity index (χ1v) is 7.75. The number of phenolic OH excluding ortho intramolecular Hbond substituents is 1. The molecule has 0 unspecified atom stereocenters. The van der Waals surface area contributed by atoms with Crippen molar-refractivity contribution in [3.8, 4) is 11.8 Å². The van der Waals surface area contributed by atoms with Crippen LogP contribution < -0.4 is 10.6 Å². The van der Waals surface area contributed by atoms with Gasteiger partial charge in [-0.25, -0.2) is 9.97 Å². The third-order valence-electron chi connectivity index (χ3n) is 3.58. The van der Waals surface area contributed by atoms with Gasteiger partial charge < -0.3 is 20.7 Å². The van der Waals surface area contributed by atoms with Crippen LogP contribution in [0.4, 0.5) is 11.8 Å². The average Bonchev–Trinajstić information content (AvgIpc) is 3.15. The molecule has 126 valence electrons. The molecule has 0 atom stereocenters. The molecule has 3 aromatic rings. The number of benzene rings is 1. The summed E-state index contributed by atoms with van der Waals surface area (Å²) in [6, 6.07) is 9.12. The molecule has 0 fully saturated rings.